The lowest BCUT2D eigenvalue weighted by atomic mass is 10.0. The summed E-state index contributed by atoms with van der Waals surface area (Å²) in [5, 5.41) is 0. The predicted molar refractivity (Wildman–Crippen MR) is 123 cm³/mol. The van der Waals surface area contributed by atoms with Gasteiger partial charge in [0.25, 0.3) is 10.1 Å². The van der Waals surface area contributed by atoms with E-state index in [4.69, 9.17) is 4.74 Å². The highest BCUT2D eigenvalue weighted by molar-refractivity contribution is 7.86. The minimum atomic E-state index is -4.32. The molecular weight excluding hydrogens is 396 g/mol. The minimum Gasteiger partial charge on any atom is -0.456 e. The summed E-state index contributed by atoms with van der Waals surface area (Å²) in [5.41, 5.74) is 1.25. The summed E-state index contributed by atoms with van der Waals surface area (Å²) < 4.78 is 37.9. The van der Waals surface area contributed by atoms with E-state index in [1.54, 1.807) is 12.1 Å². The van der Waals surface area contributed by atoms with Crippen LogP contribution in [0.25, 0.3) is 0 Å². The van der Waals surface area contributed by atoms with Crippen molar-refractivity contribution in [2.45, 2.75) is 88.9 Å². The first-order valence-corrected chi connectivity index (χ1v) is 12.8. The Kier molecular flexibility index (Phi) is 11.0. The van der Waals surface area contributed by atoms with E-state index in [0.29, 0.717) is 5.75 Å². The normalized spacial score (nSPS) is 11.5. The van der Waals surface area contributed by atoms with Gasteiger partial charge in [0.1, 0.15) is 16.4 Å². The van der Waals surface area contributed by atoms with Gasteiger partial charge in [-0.15, -0.1) is 0 Å². The lowest BCUT2D eigenvalue weighted by Gasteiger charge is -2.10. The molecule has 30 heavy (non-hydrogen) atoms. The van der Waals surface area contributed by atoms with Gasteiger partial charge in [-0.25, -0.2) is 0 Å². The van der Waals surface area contributed by atoms with Crippen LogP contribution in [0.1, 0.15) is 83.1 Å². The second-order valence-corrected chi connectivity index (χ2v) is 9.34. The number of rotatable bonds is 15. The SMILES string of the molecule is CCCCCCCCCCCCCc1ccc(Oc2ccccc2S(=O)(=O)O)cc1. The van der Waals surface area contributed by atoms with Crippen LogP contribution in [-0.4, -0.2) is 13.0 Å². The van der Waals surface area contributed by atoms with Crippen molar-refractivity contribution in [3.05, 3.63) is 54.1 Å². The van der Waals surface area contributed by atoms with E-state index in [1.807, 2.05) is 24.3 Å². The number of benzene rings is 2. The summed E-state index contributed by atoms with van der Waals surface area (Å²) in [7, 11) is -4.32. The fraction of sp³-hybridized carbons (Fsp3) is 0.520. The average molecular weight is 433 g/mol. The van der Waals surface area contributed by atoms with E-state index in [0.717, 1.165) is 6.42 Å². The Balaban J connectivity index is 1.65. The standard InChI is InChI=1S/C25H36O4S/c1-2-3-4-5-6-7-8-9-10-11-12-15-22-18-20-23(21-19-22)29-24-16-13-14-17-25(24)30(26,27)28/h13-14,16-21H,2-12,15H2,1H3,(H,26,27,28). The first-order chi connectivity index (χ1) is 14.5. The van der Waals surface area contributed by atoms with Gasteiger partial charge in [0.05, 0.1) is 0 Å². The molecule has 0 aliphatic carbocycles. The molecule has 0 aromatic heterocycles. The zero-order valence-corrected chi connectivity index (χ0v) is 19.0. The maximum Gasteiger partial charge on any atom is 0.298 e. The van der Waals surface area contributed by atoms with E-state index in [9.17, 15) is 13.0 Å². The third-order valence-electron chi connectivity index (χ3n) is 5.35. The van der Waals surface area contributed by atoms with Gasteiger partial charge in [-0.3, -0.25) is 4.55 Å². The van der Waals surface area contributed by atoms with Crippen LogP contribution in [0.5, 0.6) is 11.5 Å². The van der Waals surface area contributed by atoms with E-state index in [1.165, 1.54) is 88.3 Å². The molecule has 2 rings (SSSR count). The first-order valence-electron chi connectivity index (χ1n) is 11.3. The summed E-state index contributed by atoms with van der Waals surface area (Å²) in [5.74, 6) is 0.673. The molecule has 0 radical (unpaired) electrons. The lowest BCUT2D eigenvalue weighted by Crippen LogP contribution is -2.00. The van der Waals surface area contributed by atoms with Gasteiger partial charge in [-0.05, 0) is 42.7 Å². The molecule has 0 bridgehead atoms. The van der Waals surface area contributed by atoms with Crippen molar-refractivity contribution in [1.82, 2.24) is 0 Å². The first kappa shape index (κ1) is 24.4. The van der Waals surface area contributed by atoms with Gasteiger partial charge in [0.15, 0.2) is 0 Å². The van der Waals surface area contributed by atoms with Crippen LogP contribution in [0.3, 0.4) is 0 Å². The number of hydrogen-bond acceptors (Lipinski definition) is 3. The van der Waals surface area contributed by atoms with E-state index >= 15 is 0 Å². The van der Waals surface area contributed by atoms with E-state index in [-0.39, 0.29) is 10.6 Å². The van der Waals surface area contributed by atoms with Crippen molar-refractivity contribution in [1.29, 1.82) is 0 Å². The lowest BCUT2D eigenvalue weighted by molar-refractivity contribution is 0.450. The van der Waals surface area contributed by atoms with Crippen molar-refractivity contribution in [2.24, 2.45) is 0 Å². The topological polar surface area (TPSA) is 63.6 Å². The van der Waals surface area contributed by atoms with E-state index < -0.39 is 10.1 Å². The zero-order valence-electron chi connectivity index (χ0n) is 18.2. The molecular formula is C25H36O4S. The number of aryl methyl sites for hydroxylation is 1. The van der Waals surface area contributed by atoms with E-state index in [2.05, 4.69) is 6.92 Å². The van der Waals surface area contributed by atoms with Crippen molar-refractivity contribution in [2.75, 3.05) is 0 Å². The summed E-state index contributed by atoms with van der Waals surface area (Å²) in [6.45, 7) is 2.26. The molecule has 0 fully saturated rings. The summed E-state index contributed by atoms with van der Waals surface area (Å²) in [6, 6.07) is 13.8. The van der Waals surface area contributed by atoms with Gasteiger partial charge in [0, 0.05) is 0 Å². The van der Waals surface area contributed by atoms with Crippen LogP contribution in [0, 0.1) is 0 Å². The Morgan fingerprint density at radius 1 is 0.733 bits per heavy atom. The molecule has 0 aliphatic rings. The van der Waals surface area contributed by atoms with Crippen molar-refractivity contribution < 1.29 is 17.7 Å². The molecule has 0 amide bonds. The van der Waals surface area contributed by atoms with Crippen molar-refractivity contribution in [3.63, 3.8) is 0 Å². The number of ether oxygens (including phenoxy) is 1. The molecule has 0 spiro atoms. The third kappa shape index (κ3) is 9.31. The van der Waals surface area contributed by atoms with Crippen LogP contribution in [0.15, 0.2) is 53.4 Å². The maximum absolute atomic E-state index is 11.5. The fourth-order valence-electron chi connectivity index (χ4n) is 3.59. The Hall–Kier alpha value is -1.85. The summed E-state index contributed by atoms with van der Waals surface area (Å²) >= 11 is 0. The molecule has 0 saturated heterocycles. The van der Waals surface area contributed by atoms with Gasteiger partial charge in [-0.2, -0.15) is 8.42 Å². The zero-order chi connectivity index (χ0) is 21.7. The van der Waals surface area contributed by atoms with Gasteiger partial charge >= 0.3 is 0 Å². The predicted octanol–water partition coefficient (Wildman–Crippen LogP) is 7.58. The van der Waals surface area contributed by atoms with Crippen LogP contribution < -0.4 is 4.74 Å². The van der Waals surface area contributed by atoms with Crippen molar-refractivity contribution in [3.8, 4) is 11.5 Å². The molecule has 166 valence electrons. The molecule has 5 heteroatoms. The molecule has 0 saturated carbocycles. The molecule has 0 unspecified atom stereocenters. The fourth-order valence-corrected chi connectivity index (χ4v) is 4.21. The van der Waals surface area contributed by atoms with Crippen molar-refractivity contribution >= 4 is 10.1 Å². The smallest absolute Gasteiger partial charge is 0.298 e. The van der Waals surface area contributed by atoms with Crippen LogP contribution in [0.2, 0.25) is 0 Å². The van der Waals surface area contributed by atoms with Crippen LogP contribution in [-0.2, 0) is 16.5 Å². The summed E-state index contributed by atoms with van der Waals surface area (Å²) in [6.07, 6.45) is 15.8. The van der Waals surface area contributed by atoms with Gasteiger partial charge in [-0.1, -0.05) is 95.4 Å². The van der Waals surface area contributed by atoms with Crippen LogP contribution in [0.4, 0.5) is 0 Å². The second kappa shape index (κ2) is 13.5. The molecule has 1 N–H and O–H groups in total. The Morgan fingerprint density at radius 2 is 1.27 bits per heavy atom. The summed E-state index contributed by atoms with van der Waals surface area (Å²) in [4.78, 5) is -0.227. The highest BCUT2D eigenvalue weighted by Gasteiger charge is 2.16. The molecule has 2 aromatic rings. The Bertz CT molecular complexity index is 828. The van der Waals surface area contributed by atoms with Crippen LogP contribution >= 0.6 is 0 Å². The third-order valence-corrected chi connectivity index (χ3v) is 6.24. The molecule has 0 atom stereocenters. The largest absolute Gasteiger partial charge is 0.456 e. The number of hydrogen-bond donors (Lipinski definition) is 1. The highest BCUT2D eigenvalue weighted by Crippen LogP contribution is 2.28. The number of para-hydroxylation sites is 1. The quantitative estimate of drug-likeness (QED) is 0.233. The molecule has 0 heterocycles. The Labute approximate surface area is 182 Å². The molecule has 0 aliphatic heterocycles. The molecule has 4 nitrogen and oxygen atoms in total. The second-order valence-electron chi connectivity index (χ2n) is 7.95. The van der Waals surface area contributed by atoms with Gasteiger partial charge in [0.2, 0.25) is 0 Å². The monoisotopic (exact) mass is 432 g/mol. The maximum atomic E-state index is 11.5. The Morgan fingerprint density at radius 3 is 1.83 bits per heavy atom. The average Bonchev–Trinajstić information content (AvgIpc) is 2.73. The molecule has 2 aromatic carbocycles. The minimum absolute atomic E-state index is 0.123. The highest BCUT2D eigenvalue weighted by atomic mass is 32.2. The van der Waals surface area contributed by atoms with Gasteiger partial charge < -0.3 is 4.74 Å². The number of unbranched alkanes of at least 4 members (excludes halogenated alkanes) is 10.